The first-order valence-corrected chi connectivity index (χ1v) is 8.00. The molecule has 1 aromatic rings. The highest BCUT2D eigenvalue weighted by atomic mass is 127. The van der Waals surface area contributed by atoms with Crippen molar-refractivity contribution >= 4 is 28.4 Å². The van der Waals surface area contributed by atoms with Crippen molar-refractivity contribution in [3.63, 3.8) is 0 Å². The first-order valence-electron chi connectivity index (χ1n) is 6.92. The molecule has 1 aromatic carbocycles. The predicted molar refractivity (Wildman–Crippen MR) is 86.0 cm³/mol. The van der Waals surface area contributed by atoms with E-state index in [0.29, 0.717) is 13.2 Å². The van der Waals surface area contributed by atoms with Crippen LogP contribution in [0, 0.1) is 3.57 Å². The van der Waals surface area contributed by atoms with Crippen molar-refractivity contribution in [1.29, 1.82) is 0 Å². The van der Waals surface area contributed by atoms with Gasteiger partial charge in [-0.3, -0.25) is 9.69 Å². The number of nitrogens with zero attached hydrogens (tertiary/aromatic N) is 1. The predicted octanol–water partition coefficient (Wildman–Crippen LogP) is 1.95. The van der Waals surface area contributed by atoms with E-state index in [9.17, 15) is 4.79 Å². The van der Waals surface area contributed by atoms with Gasteiger partial charge < -0.3 is 9.84 Å². The minimum Gasteiger partial charge on any atom is -0.394 e. The highest BCUT2D eigenvalue weighted by molar-refractivity contribution is 14.1. The lowest BCUT2D eigenvalue weighted by atomic mass is 10.1. The van der Waals surface area contributed by atoms with E-state index in [4.69, 9.17) is 9.84 Å². The van der Waals surface area contributed by atoms with Gasteiger partial charge in [0.25, 0.3) is 0 Å². The minimum absolute atomic E-state index is 0.0749. The maximum atomic E-state index is 12.2. The normalized spacial score (nSPS) is 17.3. The Labute approximate surface area is 133 Å². The van der Waals surface area contributed by atoms with Crippen LogP contribution >= 0.6 is 22.6 Å². The average molecular weight is 389 g/mol. The molecule has 0 saturated carbocycles. The number of carbonyl (C=O) groups is 1. The van der Waals surface area contributed by atoms with Crippen LogP contribution in [0.3, 0.4) is 0 Å². The molecule has 1 aliphatic rings. The third-order valence-electron chi connectivity index (χ3n) is 3.51. The van der Waals surface area contributed by atoms with Gasteiger partial charge in [-0.25, -0.2) is 0 Å². The molecular weight excluding hydrogens is 369 g/mol. The van der Waals surface area contributed by atoms with E-state index < -0.39 is 0 Å². The van der Waals surface area contributed by atoms with Gasteiger partial charge in [0.05, 0.1) is 25.9 Å². The standard InChI is InChI=1S/C15H20INO3/c16-13-3-1-12(2-4-13)15(19)11-17-7-5-14(6-8-17)20-10-9-18/h1-4,14,18H,5-11H2. The Morgan fingerprint density at radius 2 is 1.95 bits per heavy atom. The number of ketones is 1. The third kappa shape index (κ3) is 4.80. The summed E-state index contributed by atoms with van der Waals surface area (Å²) >= 11 is 2.23. The van der Waals surface area contributed by atoms with E-state index >= 15 is 0 Å². The average Bonchev–Trinajstić information content (AvgIpc) is 2.47. The van der Waals surface area contributed by atoms with Crippen LogP contribution in [-0.4, -0.2) is 54.7 Å². The lowest BCUT2D eigenvalue weighted by molar-refractivity contribution is -0.00689. The summed E-state index contributed by atoms with van der Waals surface area (Å²) in [7, 11) is 0. The summed E-state index contributed by atoms with van der Waals surface area (Å²) in [6, 6.07) is 7.70. The maximum Gasteiger partial charge on any atom is 0.176 e. The van der Waals surface area contributed by atoms with E-state index in [1.54, 1.807) is 0 Å². The summed E-state index contributed by atoms with van der Waals surface area (Å²) in [6.07, 6.45) is 2.09. The molecule has 1 N–H and O–H groups in total. The summed E-state index contributed by atoms with van der Waals surface area (Å²) in [5, 5.41) is 8.73. The van der Waals surface area contributed by atoms with Crippen molar-refractivity contribution in [2.45, 2.75) is 18.9 Å². The van der Waals surface area contributed by atoms with Crippen LogP contribution in [0.5, 0.6) is 0 Å². The second-order valence-corrected chi connectivity index (χ2v) is 6.25. The number of aliphatic hydroxyl groups is 1. The van der Waals surface area contributed by atoms with Gasteiger partial charge in [-0.05, 0) is 47.6 Å². The molecule has 1 heterocycles. The van der Waals surface area contributed by atoms with Gasteiger partial charge in [-0.1, -0.05) is 12.1 Å². The van der Waals surface area contributed by atoms with Crippen molar-refractivity contribution < 1.29 is 14.6 Å². The molecule has 0 bridgehead atoms. The number of rotatable bonds is 6. The van der Waals surface area contributed by atoms with Crippen molar-refractivity contribution in [2.75, 3.05) is 32.8 Å². The SMILES string of the molecule is O=C(CN1CCC(OCCO)CC1)c1ccc(I)cc1. The van der Waals surface area contributed by atoms with Gasteiger partial charge in [-0.15, -0.1) is 0 Å². The summed E-state index contributed by atoms with van der Waals surface area (Å²) in [4.78, 5) is 14.3. The van der Waals surface area contributed by atoms with Crippen LogP contribution < -0.4 is 0 Å². The van der Waals surface area contributed by atoms with Crippen LogP contribution in [-0.2, 0) is 4.74 Å². The molecule has 110 valence electrons. The first kappa shape index (κ1) is 15.9. The summed E-state index contributed by atoms with van der Waals surface area (Å²) in [6.45, 7) is 2.73. The molecule has 5 heteroatoms. The number of carbonyl (C=O) groups excluding carboxylic acids is 1. The number of ether oxygens (including phenoxy) is 1. The Bertz CT molecular complexity index is 427. The van der Waals surface area contributed by atoms with E-state index in [0.717, 1.165) is 35.1 Å². The topological polar surface area (TPSA) is 49.8 Å². The number of aliphatic hydroxyl groups excluding tert-OH is 1. The highest BCUT2D eigenvalue weighted by Crippen LogP contribution is 2.15. The Morgan fingerprint density at radius 3 is 2.55 bits per heavy atom. The van der Waals surface area contributed by atoms with Gasteiger partial charge in [-0.2, -0.15) is 0 Å². The lowest BCUT2D eigenvalue weighted by Gasteiger charge is -2.31. The van der Waals surface area contributed by atoms with Gasteiger partial charge in [0.15, 0.2) is 5.78 Å². The number of Topliss-reactive ketones (excluding diaryl/α,β-unsaturated/α-hetero) is 1. The Morgan fingerprint density at radius 1 is 1.30 bits per heavy atom. The zero-order valence-corrected chi connectivity index (χ0v) is 13.6. The molecule has 0 aromatic heterocycles. The molecule has 1 fully saturated rings. The third-order valence-corrected chi connectivity index (χ3v) is 4.23. The van der Waals surface area contributed by atoms with E-state index in [-0.39, 0.29) is 18.5 Å². The van der Waals surface area contributed by atoms with Crippen molar-refractivity contribution in [3.05, 3.63) is 33.4 Å². The summed E-state index contributed by atoms with van der Waals surface area (Å²) < 4.78 is 6.66. The van der Waals surface area contributed by atoms with E-state index in [1.165, 1.54) is 0 Å². The second-order valence-electron chi connectivity index (χ2n) is 5.00. The first-order chi connectivity index (χ1) is 9.69. The van der Waals surface area contributed by atoms with Crippen LogP contribution in [0.2, 0.25) is 0 Å². The lowest BCUT2D eigenvalue weighted by Crippen LogP contribution is -2.40. The molecule has 0 atom stereocenters. The number of likely N-dealkylation sites (tertiary alicyclic amines) is 1. The van der Waals surface area contributed by atoms with Crippen LogP contribution in [0.25, 0.3) is 0 Å². The van der Waals surface area contributed by atoms with Crippen molar-refractivity contribution in [2.24, 2.45) is 0 Å². The van der Waals surface area contributed by atoms with Crippen LogP contribution in [0.1, 0.15) is 23.2 Å². The maximum absolute atomic E-state index is 12.2. The molecule has 1 saturated heterocycles. The Kier molecular flexibility index (Phi) is 6.41. The fourth-order valence-electron chi connectivity index (χ4n) is 2.38. The monoisotopic (exact) mass is 389 g/mol. The molecule has 0 aliphatic carbocycles. The number of benzene rings is 1. The number of piperidine rings is 1. The molecular formula is C15H20INO3. The quantitative estimate of drug-likeness (QED) is 0.597. The van der Waals surface area contributed by atoms with Gasteiger partial charge >= 0.3 is 0 Å². The number of halogens is 1. The molecule has 0 spiro atoms. The fraction of sp³-hybridized carbons (Fsp3) is 0.533. The van der Waals surface area contributed by atoms with Crippen molar-refractivity contribution in [1.82, 2.24) is 4.90 Å². The van der Waals surface area contributed by atoms with Crippen LogP contribution in [0.15, 0.2) is 24.3 Å². The van der Waals surface area contributed by atoms with E-state index in [2.05, 4.69) is 27.5 Å². The Balaban J connectivity index is 1.77. The molecule has 4 nitrogen and oxygen atoms in total. The number of hydrogen-bond donors (Lipinski definition) is 1. The smallest absolute Gasteiger partial charge is 0.176 e. The highest BCUT2D eigenvalue weighted by Gasteiger charge is 2.21. The van der Waals surface area contributed by atoms with Gasteiger partial charge in [0.1, 0.15) is 0 Å². The minimum atomic E-state index is 0.0749. The van der Waals surface area contributed by atoms with Crippen LogP contribution in [0.4, 0.5) is 0 Å². The molecule has 2 rings (SSSR count). The fourth-order valence-corrected chi connectivity index (χ4v) is 2.74. The zero-order chi connectivity index (χ0) is 14.4. The molecule has 20 heavy (non-hydrogen) atoms. The number of hydrogen-bond acceptors (Lipinski definition) is 4. The molecule has 0 amide bonds. The van der Waals surface area contributed by atoms with Gasteiger partial charge in [0.2, 0.25) is 0 Å². The van der Waals surface area contributed by atoms with E-state index in [1.807, 2.05) is 24.3 Å². The van der Waals surface area contributed by atoms with Gasteiger partial charge in [0, 0.05) is 22.2 Å². The molecule has 0 radical (unpaired) electrons. The van der Waals surface area contributed by atoms with Crippen molar-refractivity contribution in [3.8, 4) is 0 Å². The summed E-state index contributed by atoms with van der Waals surface area (Å²) in [5.74, 6) is 0.177. The zero-order valence-electron chi connectivity index (χ0n) is 11.4. The summed E-state index contributed by atoms with van der Waals surface area (Å²) in [5.41, 5.74) is 0.782. The largest absolute Gasteiger partial charge is 0.394 e. The molecule has 1 aliphatic heterocycles. The Hall–Kier alpha value is -0.500. The molecule has 0 unspecified atom stereocenters. The second kappa shape index (κ2) is 8.07.